The number of carbonyl (C=O) groups excluding carboxylic acids is 1. The second-order valence-electron chi connectivity index (χ2n) is 4.69. The zero-order valence-electron chi connectivity index (χ0n) is 11.1. The summed E-state index contributed by atoms with van der Waals surface area (Å²) in [6.45, 7) is 1.95. The monoisotopic (exact) mass is 292 g/mol. The van der Waals surface area contributed by atoms with Gasteiger partial charge in [-0.2, -0.15) is 4.31 Å². The Morgan fingerprint density at radius 3 is 2.53 bits per heavy atom. The van der Waals surface area contributed by atoms with E-state index in [4.69, 9.17) is 5.11 Å². The minimum absolute atomic E-state index is 0.257. The third kappa shape index (κ3) is 4.17. The molecule has 0 aromatic carbocycles. The zero-order chi connectivity index (χ0) is 14.6. The standard InChI is InChI=1S/C11H20N2O5S/c1-3-8(11(15)16)12-10(14)9-6-4-5-7-13(9)19(2,17)18/h8-9H,3-7H2,1-2H3,(H,12,14)(H,15,16). The number of carboxylic acid groups (broad SMARTS) is 1. The number of nitrogens with one attached hydrogen (secondary N) is 1. The summed E-state index contributed by atoms with van der Waals surface area (Å²) in [6, 6.07) is -1.77. The first-order chi connectivity index (χ1) is 8.77. The first-order valence-corrected chi connectivity index (χ1v) is 8.12. The average molecular weight is 292 g/mol. The van der Waals surface area contributed by atoms with E-state index in [9.17, 15) is 18.0 Å². The quantitative estimate of drug-likeness (QED) is 0.729. The molecule has 0 bridgehead atoms. The fourth-order valence-electron chi connectivity index (χ4n) is 2.17. The molecule has 0 saturated carbocycles. The van der Waals surface area contributed by atoms with Crippen molar-refractivity contribution in [3.8, 4) is 0 Å². The van der Waals surface area contributed by atoms with Crippen molar-refractivity contribution in [1.29, 1.82) is 0 Å². The molecular weight excluding hydrogens is 272 g/mol. The Balaban J connectivity index is 2.81. The van der Waals surface area contributed by atoms with Crippen molar-refractivity contribution in [3.63, 3.8) is 0 Å². The Kier molecular flexibility index (Phi) is 5.30. The molecule has 1 aliphatic rings. The first kappa shape index (κ1) is 15.9. The zero-order valence-corrected chi connectivity index (χ0v) is 11.9. The lowest BCUT2D eigenvalue weighted by molar-refractivity contribution is -0.142. The Bertz CT molecular complexity index is 448. The molecule has 2 N–H and O–H groups in total. The van der Waals surface area contributed by atoms with E-state index in [-0.39, 0.29) is 6.42 Å². The van der Waals surface area contributed by atoms with Gasteiger partial charge in [0.1, 0.15) is 12.1 Å². The molecule has 1 heterocycles. The number of amides is 1. The van der Waals surface area contributed by atoms with Crippen molar-refractivity contribution >= 4 is 21.9 Å². The maximum absolute atomic E-state index is 12.0. The third-order valence-corrected chi connectivity index (χ3v) is 4.49. The number of hydrogen-bond donors (Lipinski definition) is 2. The molecule has 8 heteroatoms. The van der Waals surface area contributed by atoms with Crippen LogP contribution in [0.25, 0.3) is 0 Å². The summed E-state index contributed by atoms with van der Waals surface area (Å²) >= 11 is 0. The average Bonchev–Trinajstić information content (AvgIpc) is 2.34. The summed E-state index contributed by atoms with van der Waals surface area (Å²) in [6.07, 6.45) is 3.22. The van der Waals surface area contributed by atoms with Crippen LogP contribution in [-0.2, 0) is 19.6 Å². The van der Waals surface area contributed by atoms with E-state index in [1.807, 2.05) is 0 Å². The van der Waals surface area contributed by atoms with Gasteiger partial charge in [-0.05, 0) is 19.3 Å². The van der Waals surface area contributed by atoms with Gasteiger partial charge >= 0.3 is 5.97 Å². The van der Waals surface area contributed by atoms with Gasteiger partial charge in [0.25, 0.3) is 0 Å². The molecule has 1 rings (SSSR count). The lowest BCUT2D eigenvalue weighted by atomic mass is 10.0. The molecule has 0 spiro atoms. The third-order valence-electron chi connectivity index (χ3n) is 3.21. The molecule has 0 aromatic rings. The highest BCUT2D eigenvalue weighted by Crippen LogP contribution is 2.20. The van der Waals surface area contributed by atoms with Gasteiger partial charge in [0.05, 0.1) is 6.26 Å². The van der Waals surface area contributed by atoms with Crippen LogP contribution in [0.2, 0.25) is 0 Å². The number of hydrogen-bond acceptors (Lipinski definition) is 4. The van der Waals surface area contributed by atoms with Crippen LogP contribution in [0.4, 0.5) is 0 Å². The van der Waals surface area contributed by atoms with Crippen LogP contribution in [0.3, 0.4) is 0 Å². The van der Waals surface area contributed by atoms with E-state index in [1.165, 1.54) is 0 Å². The summed E-state index contributed by atoms with van der Waals surface area (Å²) in [4.78, 5) is 22.9. The van der Waals surface area contributed by atoms with Crippen LogP contribution in [-0.4, -0.2) is 54.6 Å². The molecule has 0 radical (unpaired) electrons. The van der Waals surface area contributed by atoms with Crippen molar-refractivity contribution in [2.45, 2.75) is 44.7 Å². The van der Waals surface area contributed by atoms with Crippen molar-refractivity contribution in [2.24, 2.45) is 0 Å². The Labute approximate surface area is 113 Å². The summed E-state index contributed by atoms with van der Waals surface area (Å²) < 4.78 is 24.4. The minimum atomic E-state index is -3.46. The Hall–Kier alpha value is -1.15. The fraction of sp³-hybridized carbons (Fsp3) is 0.818. The number of rotatable bonds is 5. The van der Waals surface area contributed by atoms with Crippen LogP contribution in [0.15, 0.2) is 0 Å². The van der Waals surface area contributed by atoms with E-state index < -0.39 is 34.0 Å². The maximum Gasteiger partial charge on any atom is 0.326 e. The Morgan fingerprint density at radius 2 is 2.05 bits per heavy atom. The molecule has 19 heavy (non-hydrogen) atoms. The number of carboxylic acids is 1. The van der Waals surface area contributed by atoms with Gasteiger partial charge in [-0.15, -0.1) is 0 Å². The lowest BCUT2D eigenvalue weighted by Gasteiger charge is -2.33. The number of nitrogens with zero attached hydrogens (tertiary/aromatic N) is 1. The molecule has 1 amide bonds. The van der Waals surface area contributed by atoms with E-state index in [0.717, 1.165) is 17.0 Å². The molecule has 1 aliphatic heterocycles. The van der Waals surface area contributed by atoms with Gasteiger partial charge < -0.3 is 10.4 Å². The number of sulfonamides is 1. The second-order valence-corrected chi connectivity index (χ2v) is 6.63. The first-order valence-electron chi connectivity index (χ1n) is 6.27. The van der Waals surface area contributed by atoms with Crippen molar-refractivity contribution < 1.29 is 23.1 Å². The molecule has 2 unspecified atom stereocenters. The number of piperidine rings is 1. The van der Waals surface area contributed by atoms with Gasteiger partial charge in [0.2, 0.25) is 15.9 Å². The fourth-order valence-corrected chi connectivity index (χ4v) is 3.29. The van der Waals surface area contributed by atoms with E-state index in [0.29, 0.717) is 19.4 Å². The molecule has 1 saturated heterocycles. The SMILES string of the molecule is CCC(NC(=O)C1CCCCN1S(C)(=O)=O)C(=O)O. The van der Waals surface area contributed by atoms with Crippen molar-refractivity contribution in [3.05, 3.63) is 0 Å². The normalized spacial score (nSPS) is 22.7. The summed E-state index contributed by atoms with van der Waals surface area (Å²) in [5.41, 5.74) is 0. The molecule has 1 fully saturated rings. The van der Waals surface area contributed by atoms with Gasteiger partial charge in [-0.3, -0.25) is 4.79 Å². The minimum Gasteiger partial charge on any atom is -0.480 e. The summed E-state index contributed by atoms with van der Waals surface area (Å²) in [5.74, 6) is -1.64. The Morgan fingerprint density at radius 1 is 1.42 bits per heavy atom. The number of aliphatic carboxylic acids is 1. The molecule has 0 aliphatic carbocycles. The lowest BCUT2D eigenvalue weighted by Crippen LogP contribution is -2.54. The van der Waals surface area contributed by atoms with Gasteiger partial charge in [-0.1, -0.05) is 13.3 Å². The highest BCUT2D eigenvalue weighted by molar-refractivity contribution is 7.88. The molecule has 2 atom stereocenters. The molecular formula is C11H20N2O5S. The summed E-state index contributed by atoms with van der Waals surface area (Å²) in [5, 5.41) is 11.3. The second kappa shape index (κ2) is 6.33. The predicted octanol–water partition coefficient (Wildman–Crippen LogP) is -0.220. The van der Waals surface area contributed by atoms with E-state index in [2.05, 4.69) is 5.32 Å². The van der Waals surface area contributed by atoms with Gasteiger partial charge in [0, 0.05) is 6.54 Å². The molecule has 0 aromatic heterocycles. The van der Waals surface area contributed by atoms with Crippen LogP contribution < -0.4 is 5.32 Å². The van der Waals surface area contributed by atoms with Crippen LogP contribution >= 0.6 is 0 Å². The van der Waals surface area contributed by atoms with Crippen molar-refractivity contribution in [2.75, 3.05) is 12.8 Å². The highest BCUT2D eigenvalue weighted by Gasteiger charge is 2.35. The van der Waals surface area contributed by atoms with Gasteiger partial charge in [-0.25, -0.2) is 13.2 Å². The smallest absolute Gasteiger partial charge is 0.326 e. The predicted molar refractivity (Wildman–Crippen MR) is 69.0 cm³/mol. The molecule has 110 valence electrons. The van der Waals surface area contributed by atoms with E-state index >= 15 is 0 Å². The van der Waals surface area contributed by atoms with Crippen LogP contribution in [0.5, 0.6) is 0 Å². The highest BCUT2D eigenvalue weighted by atomic mass is 32.2. The molecule has 7 nitrogen and oxygen atoms in total. The topological polar surface area (TPSA) is 104 Å². The number of carbonyl (C=O) groups is 2. The van der Waals surface area contributed by atoms with Gasteiger partial charge in [0.15, 0.2) is 0 Å². The van der Waals surface area contributed by atoms with Crippen LogP contribution in [0.1, 0.15) is 32.6 Å². The van der Waals surface area contributed by atoms with Crippen molar-refractivity contribution in [1.82, 2.24) is 9.62 Å². The summed E-state index contributed by atoms with van der Waals surface area (Å²) in [7, 11) is -3.46. The largest absolute Gasteiger partial charge is 0.480 e. The van der Waals surface area contributed by atoms with E-state index in [1.54, 1.807) is 6.92 Å². The van der Waals surface area contributed by atoms with Crippen LogP contribution in [0, 0.1) is 0 Å². The maximum atomic E-state index is 12.0.